The maximum atomic E-state index is 9.44. The molecule has 0 bridgehead atoms. The summed E-state index contributed by atoms with van der Waals surface area (Å²) in [6, 6.07) is 0. The lowest BCUT2D eigenvalue weighted by Crippen LogP contribution is -2.48. The van der Waals surface area contributed by atoms with E-state index < -0.39 is 20.8 Å². The van der Waals surface area contributed by atoms with Crippen molar-refractivity contribution in [2.75, 3.05) is 0 Å². The van der Waals surface area contributed by atoms with E-state index in [4.69, 9.17) is 9.11 Å². The van der Waals surface area contributed by atoms with Crippen LogP contribution in [0.2, 0.25) is 0 Å². The zero-order chi connectivity index (χ0) is 20.8. The minimum absolute atomic E-state index is 0.602. The smallest absolute Gasteiger partial charge is 0.263 e. The first-order valence-corrected chi connectivity index (χ1v) is 12.9. The average Bonchev–Trinajstić information content (AvgIpc) is 2.93. The number of fused-ring (bicyclic) bond motifs is 5. The first kappa shape index (κ1) is 22.2. The standard InChI is InChI=1S/C19H30.H2O7S2/c1-18-11-5-7-16(18)15-9-8-14-6-3-4-12-19(14,2)17(15)10-13-18;1-8(2,3)7-9(4,5)6/h6,15-17H,3-5,7-13H2,1-2H3;(H,1,2,3)(H,4,5,6)/t15-,16-,17-,18-,19-;/m0./s1. The van der Waals surface area contributed by atoms with Crippen LogP contribution in [0.4, 0.5) is 0 Å². The van der Waals surface area contributed by atoms with Crippen LogP contribution in [0.1, 0.15) is 78.1 Å². The normalized spacial score (nSPS) is 40.3. The lowest BCUT2D eigenvalue weighted by molar-refractivity contribution is -0.0360. The monoisotopic (exact) mass is 436 g/mol. The molecule has 7 nitrogen and oxygen atoms in total. The highest BCUT2D eigenvalue weighted by Gasteiger charge is 2.55. The molecular formula is C19H32O7S2. The van der Waals surface area contributed by atoms with Gasteiger partial charge in [0.05, 0.1) is 0 Å². The van der Waals surface area contributed by atoms with Crippen LogP contribution in [0.25, 0.3) is 0 Å². The largest absolute Gasteiger partial charge is 0.413 e. The summed E-state index contributed by atoms with van der Waals surface area (Å²) in [6.45, 7) is 5.25. The van der Waals surface area contributed by atoms with Crippen molar-refractivity contribution in [1.29, 1.82) is 0 Å². The summed E-state index contributed by atoms with van der Waals surface area (Å²) in [5.74, 6) is 3.18. The van der Waals surface area contributed by atoms with Gasteiger partial charge in [0.15, 0.2) is 0 Å². The summed E-state index contributed by atoms with van der Waals surface area (Å²) in [5, 5.41) is 0. The van der Waals surface area contributed by atoms with Gasteiger partial charge in [-0.15, -0.1) is 3.63 Å². The van der Waals surface area contributed by atoms with Gasteiger partial charge in [0.25, 0.3) is 0 Å². The molecule has 3 saturated carbocycles. The van der Waals surface area contributed by atoms with Gasteiger partial charge < -0.3 is 0 Å². The minimum Gasteiger partial charge on any atom is -0.263 e. The van der Waals surface area contributed by atoms with Crippen LogP contribution in [-0.4, -0.2) is 25.9 Å². The molecule has 9 heteroatoms. The fourth-order valence-electron chi connectivity index (χ4n) is 6.86. The van der Waals surface area contributed by atoms with Crippen molar-refractivity contribution in [3.05, 3.63) is 11.6 Å². The van der Waals surface area contributed by atoms with E-state index in [1.807, 2.05) is 5.57 Å². The van der Waals surface area contributed by atoms with Gasteiger partial charge in [-0.2, -0.15) is 16.8 Å². The summed E-state index contributed by atoms with van der Waals surface area (Å²) in [4.78, 5) is 0. The van der Waals surface area contributed by atoms with Crippen LogP contribution < -0.4 is 0 Å². The van der Waals surface area contributed by atoms with Crippen LogP contribution in [0.5, 0.6) is 0 Å². The van der Waals surface area contributed by atoms with Gasteiger partial charge in [-0.1, -0.05) is 31.9 Å². The van der Waals surface area contributed by atoms with Crippen molar-refractivity contribution in [2.24, 2.45) is 28.6 Å². The van der Waals surface area contributed by atoms with Crippen molar-refractivity contribution in [2.45, 2.75) is 78.1 Å². The van der Waals surface area contributed by atoms with Crippen LogP contribution in [0, 0.1) is 28.6 Å². The molecule has 0 aromatic rings. The lowest BCUT2D eigenvalue weighted by atomic mass is 9.47. The van der Waals surface area contributed by atoms with Crippen molar-refractivity contribution in [1.82, 2.24) is 0 Å². The summed E-state index contributed by atoms with van der Waals surface area (Å²) in [5.41, 5.74) is 3.19. The second-order valence-electron chi connectivity index (χ2n) is 9.46. The number of hydrogen-bond acceptors (Lipinski definition) is 5. The SMILES string of the molecule is C[C@@]12CCC[C@H]1[C@@H]1CCC3=CCCC[C@]3(C)[C@H]1CC2.O=S(=O)(O)OS(=O)(=O)O. The van der Waals surface area contributed by atoms with E-state index in [2.05, 4.69) is 23.6 Å². The Morgan fingerprint density at radius 2 is 1.61 bits per heavy atom. The van der Waals surface area contributed by atoms with E-state index in [1.54, 1.807) is 6.42 Å². The summed E-state index contributed by atoms with van der Waals surface area (Å²) in [7, 11) is -10.2. The predicted molar refractivity (Wildman–Crippen MR) is 105 cm³/mol. The van der Waals surface area contributed by atoms with Crippen molar-refractivity contribution in [3.8, 4) is 0 Å². The van der Waals surface area contributed by atoms with E-state index >= 15 is 0 Å². The molecule has 5 atom stereocenters. The molecule has 0 aromatic heterocycles. The predicted octanol–water partition coefficient (Wildman–Crippen LogP) is 4.34. The van der Waals surface area contributed by atoms with Gasteiger partial charge in [-0.05, 0) is 86.4 Å². The third-order valence-electron chi connectivity index (χ3n) is 7.98. The van der Waals surface area contributed by atoms with Gasteiger partial charge >= 0.3 is 20.8 Å². The summed E-state index contributed by atoms with van der Waals surface area (Å²) in [6.07, 6.45) is 17.5. The summed E-state index contributed by atoms with van der Waals surface area (Å²) >= 11 is 0. The lowest BCUT2D eigenvalue weighted by Gasteiger charge is -2.57. The average molecular weight is 437 g/mol. The Morgan fingerprint density at radius 3 is 2.21 bits per heavy atom. The van der Waals surface area contributed by atoms with Gasteiger partial charge in [-0.25, -0.2) is 0 Å². The zero-order valence-corrected chi connectivity index (χ0v) is 18.3. The maximum absolute atomic E-state index is 9.44. The highest BCUT2D eigenvalue weighted by atomic mass is 32.3. The Hall–Kier alpha value is -0.480. The first-order valence-electron chi connectivity index (χ1n) is 10.2. The Bertz CT molecular complexity index is 802. The van der Waals surface area contributed by atoms with E-state index in [9.17, 15) is 16.8 Å². The second kappa shape index (κ2) is 7.65. The van der Waals surface area contributed by atoms with Crippen LogP contribution in [0.3, 0.4) is 0 Å². The van der Waals surface area contributed by atoms with E-state index in [1.165, 1.54) is 57.8 Å². The maximum Gasteiger partial charge on any atom is 0.413 e. The molecule has 0 spiro atoms. The molecule has 0 aromatic carbocycles. The summed E-state index contributed by atoms with van der Waals surface area (Å²) < 4.78 is 55.6. The molecular weight excluding hydrogens is 404 g/mol. The van der Waals surface area contributed by atoms with Gasteiger partial charge in [0.2, 0.25) is 0 Å². The molecule has 0 aliphatic heterocycles. The van der Waals surface area contributed by atoms with Gasteiger partial charge in [0, 0.05) is 0 Å². The third kappa shape index (κ3) is 4.64. The molecule has 0 saturated heterocycles. The Balaban J connectivity index is 0.000000215. The second-order valence-corrected chi connectivity index (χ2v) is 11.7. The molecule has 162 valence electrons. The van der Waals surface area contributed by atoms with Crippen molar-refractivity contribution in [3.63, 3.8) is 0 Å². The van der Waals surface area contributed by atoms with Gasteiger partial charge in [-0.3, -0.25) is 9.11 Å². The van der Waals surface area contributed by atoms with Crippen LogP contribution in [-0.2, 0) is 24.4 Å². The Labute approximate surface area is 168 Å². The Kier molecular flexibility index (Phi) is 6.07. The Morgan fingerprint density at radius 1 is 0.929 bits per heavy atom. The highest BCUT2D eigenvalue weighted by molar-refractivity contribution is 7.94. The van der Waals surface area contributed by atoms with E-state index in [-0.39, 0.29) is 0 Å². The topological polar surface area (TPSA) is 118 Å². The molecule has 0 amide bonds. The van der Waals surface area contributed by atoms with Crippen LogP contribution >= 0.6 is 0 Å². The van der Waals surface area contributed by atoms with Crippen molar-refractivity contribution >= 4 is 20.8 Å². The quantitative estimate of drug-likeness (QED) is 0.488. The first-order chi connectivity index (χ1) is 12.8. The molecule has 2 N–H and O–H groups in total. The molecule has 4 aliphatic carbocycles. The molecule has 0 radical (unpaired) electrons. The fourth-order valence-corrected chi connectivity index (χ4v) is 7.72. The number of rotatable bonds is 2. The van der Waals surface area contributed by atoms with E-state index in [0.29, 0.717) is 5.41 Å². The van der Waals surface area contributed by atoms with Crippen LogP contribution in [0.15, 0.2) is 11.6 Å². The number of hydrogen-bond donors (Lipinski definition) is 2. The molecule has 3 fully saturated rings. The fraction of sp³-hybridized carbons (Fsp3) is 0.895. The zero-order valence-electron chi connectivity index (χ0n) is 16.6. The molecule has 0 unspecified atom stereocenters. The molecule has 4 aliphatic rings. The molecule has 4 rings (SSSR count). The molecule has 28 heavy (non-hydrogen) atoms. The minimum atomic E-state index is -5.12. The van der Waals surface area contributed by atoms with E-state index in [0.717, 1.165) is 23.2 Å². The molecule has 0 heterocycles. The highest BCUT2D eigenvalue weighted by Crippen LogP contribution is 2.65. The number of allylic oxidation sites excluding steroid dienone is 2. The van der Waals surface area contributed by atoms with Gasteiger partial charge in [0.1, 0.15) is 0 Å². The third-order valence-corrected chi connectivity index (χ3v) is 9.36. The van der Waals surface area contributed by atoms with Crippen molar-refractivity contribution < 1.29 is 29.6 Å².